The van der Waals surface area contributed by atoms with Crippen LogP contribution in [0.1, 0.15) is 24.5 Å². The molecule has 0 radical (unpaired) electrons. The predicted molar refractivity (Wildman–Crippen MR) is 87.8 cm³/mol. The molecule has 0 aromatic heterocycles. The van der Waals surface area contributed by atoms with Gasteiger partial charge in [0.15, 0.2) is 0 Å². The molecule has 0 aliphatic rings. The molecule has 0 bridgehead atoms. The summed E-state index contributed by atoms with van der Waals surface area (Å²) in [5.41, 5.74) is 2.34. The van der Waals surface area contributed by atoms with Crippen LogP contribution in [-0.2, 0) is 11.2 Å². The normalized spacial score (nSPS) is 12.2. The molecule has 0 heterocycles. The van der Waals surface area contributed by atoms with Crippen LogP contribution < -0.4 is 5.32 Å². The SMILES string of the molecule is C[C@@H](CCc1ccccc1)NC(=O)/C=C\c1ccccc1. The van der Waals surface area contributed by atoms with Gasteiger partial charge in [-0.05, 0) is 37.0 Å². The Hall–Kier alpha value is -2.35. The minimum atomic E-state index is -0.0422. The lowest BCUT2D eigenvalue weighted by Crippen LogP contribution is -2.31. The van der Waals surface area contributed by atoms with Gasteiger partial charge in [-0.1, -0.05) is 60.7 Å². The van der Waals surface area contributed by atoms with Crippen LogP contribution in [0.25, 0.3) is 6.08 Å². The summed E-state index contributed by atoms with van der Waals surface area (Å²) in [5.74, 6) is -0.0422. The fourth-order valence-corrected chi connectivity index (χ4v) is 2.13. The highest BCUT2D eigenvalue weighted by Gasteiger charge is 2.04. The maximum absolute atomic E-state index is 11.8. The number of carbonyl (C=O) groups is 1. The Morgan fingerprint density at radius 1 is 1.05 bits per heavy atom. The molecule has 0 unspecified atom stereocenters. The highest BCUT2D eigenvalue weighted by atomic mass is 16.1. The van der Waals surface area contributed by atoms with E-state index in [1.54, 1.807) is 6.08 Å². The van der Waals surface area contributed by atoms with E-state index in [2.05, 4.69) is 17.4 Å². The third-order valence-electron chi connectivity index (χ3n) is 3.32. The molecule has 0 fully saturated rings. The first-order valence-electron chi connectivity index (χ1n) is 7.31. The molecule has 0 saturated carbocycles. The summed E-state index contributed by atoms with van der Waals surface area (Å²) in [4.78, 5) is 11.8. The molecule has 108 valence electrons. The fourth-order valence-electron chi connectivity index (χ4n) is 2.13. The van der Waals surface area contributed by atoms with Crippen molar-refractivity contribution in [3.63, 3.8) is 0 Å². The van der Waals surface area contributed by atoms with Gasteiger partial charge in [0.05, 0.1) is 0 Å². The van der Waals surface area contributed by atoms with Gasteiger partial charge in [0.2, 0.25) is 5.91 Å². The molecule has 2 heteroatoms. The molecule has 1 atom stereocenters. The van der Waals surface area contributed by atoms with Gasteiger partial charge in [0.25, 0.3) is 0 Å². The van der Waals surface area contributed by atoms with Crippen molar-refractivity contribution in [1.29, 1.82) is 0 Å². The highest BCUT2D eigenvalue weighted by molar-refractivity contribution is 5.91. The van der Waals surface area contributed by atoms with Crippen molar-refractivity contribution in [2.45, 2.75) is 25.8 Å². The molecule has 2 aromatic rings. The molecular weight excluding hydrogens is 258 g/mol. The Bertz CT molecular complexity index is 575. The van der Waals surface area contributed by atoms with Gasteiger partial charge in [0.1, 0.15) is 0 Å². The van der Waals surface area contributed by atoms with Gasteiger partial charge in [-0.15, -0.1) is 0 Å². The van der Waals surface area contributed by atoms with Crippen molar-refractivity contribution in [2.24, 2.45) is 0 Å². The average Bonchev–Trinajstić information content (AvgIpc) is 2.53. The summed E-state index contributed by atoms with van der Waals surface area (Å²) in [6.45, 7) is 2.04. The number of rotatable bonds is 6. The lowest BCUT2D eigenvalue weighted by molar-refractivity contribution is -0.117. The van der Waals surface area contributed by atoms with E-state index < -0.39 is 0 Å². The second kappa shape index (κ2) is 8.05. The van der Waals surface area contributed by atoms with Crippen molar-refractivity contribution in [3.05, 3.63) is 77.9 Å². The lowest BCUT2D eigenvalue weighted by atomic mass is 10.1. The summed E-state index contributed by atoms with van der Waals surface area (Å²) in [5, 5.41) is 2.99. The zero-order chi connectivity index (χ0) is 14.9. The number of amides is 1. The van der Waals surface area contributed by atoms with Gasteiger partial charge in [-0.25, -0.2) is 0 Å². The minimum absolute atomic E-state index is 0.0422. The Kier molecular flexibility index (Phi) is 5.77. The number of aryl methyl sites for hydroxylation is 1. The van der Waals surface area contributed by atoms with E-state index in [0.717, 1.165) is 18.4 Å². The first-order chi connectivity index (χ1) is 10.2. The maximum Gasteiger partial charge on any atom is 0.244 e. The quantitative estimate of drug-likeness (QED) is 0.800. The molecule has 2 aromatic carbocycles. The molecule has 0 spiro atoms. The Morgan fingerprint density at radius 3 is 2.33 bits per heavy atom. The summed E-state index contributed by atoms with van der Waals surface area (Å²) in [7, 11) is 0. The van der Waals surface area contributed by atoms with E-state index in [0.29, 0.717) is 0 Å². The van der Waals surface area contributed by atoms with Crippen molar-refractivity contribution < 1.29 is 4.79 Å². The molecule has 2 nitrogen and oxygen atoms in total. The molecule has 21 heavy (non-hydrogen) atoms. The van der Waals surface area contributed by atoms with Gasteiger partial charge in [-0.3, -0.25) is 4.79 Å². The molecule has 2 rings (SSSR count). The summed E-state index contributed by atoms with van der Waals surface area (Å²) in [6.07, 6.45) is 5.34. The number of hydrogen-bond acceptors (Lipinski definition) is 1. The Morgan fingerprint density at radius 2 is 1.67 bits per heavy atom. The van der Waals surface area contributed by atoms with Crippen LogP contribution in [0.2, 0.25) is 0 Å². The smallest absolute Gasteiger partial charge is 0.244 e. The van der Waals surface area contributed by atoms with E-state index in [1.165, 1.54) is 5.56 Å². The van der Waals surface area contributed by atoms with Crippen LogP contribution in [0.15, 0.2) is 66.7 Å². The van der Waals surface area contributed by atoms with Crippen LogP contribution in [0.5, 0.6) is 0 Å². The van der Waals surface area contributed by atoms with Crippen molar-refractivity contribution in [2.75, 3.05) is 0 Å². The molecule has 0 aliphatic carbocycles. The first kappa shape index (κ1) is 15.0. The number of carbonyl (C=O) groups excluding carboxylic acids is 1. The number of benzene rings is 2. The Balaban J connectivity index is 1.76. The topological polar surface area (TPSA) is 29.1 Å². The maximum atomic E-state index is 11.8. The van der Waals surface area contributed by atoms with E-state index in [9.17, 15) is 4.79 Å². The lowest BCUT2D eigenvalue weighted by Gasteiger charge is -2.12. The van der Waals surface area contributed by atoms with Gasteiger partial charge in [-0.2, -0.15) is 0 Å². The van der Waals surface area contributed by atoms with Gasteiger partial charge < -0.3 is 5.32 Å². The minimum Gasteiger partial charge on any atom is -0.350 e. The van der Waals surface area contributed by atoms with Crippen LogP contribution in [0.4, 0.5) is 0 Å². The number of nitrogens with one attached hydrogen (secondary N) is 1. The molecule has 1 amide bonds. The molecule has 0 aliphatic heterocycles. The van der Waals surface area contributed by atoms with Crippen molar-refractivity contribution in [1.82, 2.24) is 5.32 Å². The second-order valence-electron chi connectivity index (χ2n) is 5.18. The predicted octanol–water partition coefficient (Wildman–Crippen LogP) is 3.84. The average molecular weight is 279 g/mol. The third-order valence-corrected chi connectivity index (χ3v) is 3.32. The summed E-state index contributed by atoms with van der Waals surface area (Å²) < 4.78 is 0. The third kappa shape index (κ3) is 5.65. The monoisotopic (exact) mass is 279 g/mol. The van der Waals surface area contributed by atoms with Crippen LogP contribution in [0.3, 0.4) is 0 Å². The zero-order valence-electron chi connectivity index (χ0n) is 12.3. The molecule has 0 saturated heterocycles. The molecule has 1 N–H and O–H groups in total. The van der Waals surface area contributed by atoms with Crippen LogP contribution in [0, 0.1) is 0 Å². The van der Waals surface area contributed by atoms with Crippen molar-refractivity contribution >= 4 is 12.0 Å². The van der Waals surface area contributed by atoms with Crippen LogP contribution >= 0.6 is 0 Å². The van der Waals surface area contributed by atoms with Gasteiger partial charge in [0, 0.05) is 12.1 Å². The van der Waals surface area contributed by atoms with E-state index in [4.69, 9.17) is 0 Å². The summed E-state index contributed by atoms with van der Waals surface area (Å²) >= 11 is 0. The Labute approximate surface area is 126 Å². The second-order valence-corrected chi connectivity index (χ2v) is 5.18. The fraction of sp³-hybridized carbons (Fsp3) is 0.211. The highest BCUT2D eigenvalue weighted by Crippen LogP contribution is 2.05. The van der Waals surface area contributed by atoms with E-state index in [1.807, 2.05) is 61.5 Å². The number of hydrogen-bond donors (Lipinski definition) is 1. The van der Waals surface area contributed by atoms with E-state index in [-0.39, 0.29) is 11.9 Å². The molecular formula is C19H21NO. The van der Waals surface area contributed by atoms with Crippen molar-refractivity contribution in [3.8, 4) is 0 Å². The van der Waals surface area contributed by atoms with Crippen LogP contribution in [-0.4, -0.2) is 11.9 Å². The largest absolute Gasteiger partial charge is 0.350 e. The first-order valence-corrected chi connectivity index (χ1v) is 7.31. The summed E-state index contributed by atoms with van der Waals surface area (Å²) in [6, 6.07) is 20.3. The van der Waals surface area contributed by atoms with Gasteiger partial charge >= 0.3 is 0 Å². The van der Waals surface area contributed by atoms with E-state index >= 15 is 0 Å². The standard InChI is InChI=1S/C19H21NO/c1-16(12-13-17-8-4-2-5-9-17)20-19(21)15-14-18-10-6-3-7-11-18/h2-11,14-16H,12-13H2,1H3,(H,20,21)/b15-14-/t16-/m0/s1. The zero-order valence-corrected chi connectivity index (χ0v) is 12.3.